The van der Waals surface area contributed by atoms with Crippen molar-refractivity contribution in [1.82, 2.24) is 0 Å². The number of hydrogen-bond acceptors (Lipinski definition) is 5. The highest BCUT2D eigenvalue weighted by atomic mass is 35.5. The van der Waals surface area contributed by atoms with Gasteiger partial charge in [-0.1, -0.05) is 47.5 Å². The zero-order valence-electron chi connectivity index (χ0n) is 18.4. The molecule has 1 N–H and O–H groups in total. The van der Waals surface area contributed by atoms with Gasteiger partial charge in [0, 0.05) is 11.6 Å². The monoisotopic (exact) mass is 534 g/mol. The summed E-state index contributed by atoms with van der Waals surface area (Å²) in [6, 6.07) is 24.1. The van der Waals surface area contributed by atoms with E-state index in [4.69, 9.17) is 27.6 Å². The van der Waals surface area contributed by atoms with E-state index in [9.17, 15) is 14.7 Å². The van der Waals surface area contributed by atoms with Crippen molar-refractivity contribution >= 4 is 69.5 Å². The third kappa shape index (κ3) is 4.95. The van der Waals surface area contributed by atoms with Gasteiger partial charge in [0.15, 0.2) is 5.17 Å². The van der Waals surface area contributed by atoms with Crippen LogP contribution in [0.2, 0.25) is 10.0 Å². The molecule has 0 bridgehead atoms. The van der Waals surface area contributed by atoms with Crippen LogP contribution in [0.15, 0.2) is 99.2 Å². The lowest BCUT2D eigenvalue weighted by atomic mass is 10.2. The quantitative estimate of drug-likeness (QED) is 0.264. The van der Waals surface area contributed by atoms with Crippen LogP contribution in [0.5, 0.6) is 0 Å². The molecule has 0 unspecified atom stereocenters. The van der Waals surface area contributed by atoms with Crippen molar-refractivity contribution in [3.05, 3.63) is 111 Å². The summed E-state index contributed by atoms with van der Waals surface area (Å²) in [5.74, 6) is -0.265. The number of rotatable bonds is 5. The van der Waals surface area contributed by atoms with Gasteiger partial charge in [-0.2, -0.15) is 0 Å². The van der Waals surface area contributed by atoms with Gasteiger partial charge >= 0.3 is 5.97 Å². The topological polar surface area (TPSA) is 83.1 Å². The molecule has 0 atom stereocenters. The second-order valence-corrected chi connectivity index (χ2v) is 9.49. The van der Waals surface area contributed by atoms with Crippen molar-refractivity contribution in [3.63, 3.8) is 0 Å². The molecule has 178 valence electrons. The van der Waals surface area contributed by atoms with Gasteiger partial charge in [-0.3, -0.25) is 9.69 Å². The van der Waals surface area contributed by atoms with Gasteiger partial charge in [0.2, 0.25) is 0 Å². The highest BCUT2D eigenvalue weighted by Gasteiger charge is 2.35. The number of carbonyl (C=O) groups is 2. The van der Waals surface area contributed by atoms with Crippen LogP contribution in [0, 0.1) is 0 Å². The van der Waals surface area contributed by atoms with Crippen LogP contribution in [0.3, 0.4) is 0 Å². The molecule has 1 aliphatic rings. The van der Waals surface area contributed by atoms with E-state index in [-0.39, 0.29) is 11.5 Å². The summed E-state index contributed by atoms with van der Waals surface area (Å²) in [7, 11) is 0. The van der Waals surface area contributed by atoms with Crippen LogP contribution in [0.25, 0.3) is 17.4 Å². The van der Waals surface area contributed by atoms with E-state index in [0.29, 0.717) is 43.0 Å². The predicted octanol–water partition coefficient (Wildman–Crippen LogP) is 7.76. The molecule has 0 spiro atoms. The molecule has 1 amide bonds. The first kappa shape index (κ1) is 23.9. The summed E-state index contributed by atoms with van der Waals surface area (Å²) in [6.45, 7) is 0. The Morgan fingerprint density at radius 1 is 0.944 bits per heavy atom. The van der Waals surface area contributed by atoms with Crippen LogP contribution < -0.4 is 4.90 Å². The number of carbonyl (C=O) groups excluding carboxylic acids is 1. The van der Waals surface area contributed by atoms with Gasteiger partial charge in [0.1, 0.15) is 11.5 Å². The molecule has 4 aromatic rings. The molecule has 1 fully saturated rings. The van der Waals surface area contributed by atoms with Gasteiger partial charge in [-0.25, -0.2) is 9.79 Å². The maximum atomic E-state index is 13.4. The second-order valence-electron chi connectivity index (χ2n) is 7.67. The maximum absolute atomic E-state index is 13.4. The Labute approximate surface area is 220 Å². The number of amides is 1. The summed E-state index contributed by atoms with van der Waals surface area (Å²) in [5, 5.41) is 10.6. The molecule has 2 heterocycles. The highest BCUT2D eigenvalue weighted by Crippen LogP contribution is 2.38. The number of benzene rings is 3. The molecule has 1 aliphatic heterocycles. The summed E-state index contributed by atoms with van der Waals surface area (Å²) in [6.07, 6.45) is 1.65. The number of amidine groups is 1. The lowest BCUT2D eigenvalue weighted by Gasteiger charge is -2.15. The molecule has 1 aromatic heterocycles. The van der Waals surface area contributed by atoms with Crippen molar-refractivity contribution in [1.29, 1.82) is 0 Å². The van der Waals surface area contributed by atoms with E-state index < -0.39 is 5.97 Å². The fourth-order valence-corrected chi connectivity index (χ4v) is 4.82. The Kier molecular flexibility index (Phi) is 6.69. The summed E-state index contributed by atoms with van der Waals surface area (Å²) in [4.78, 5) is 31.3. The fourth-order valence-electron chi connectivity index (χ4n) is 3.54. The van der Waals surface area contributed by atoms with E-state index in [2.05, 4.69) is 4.99 Å². The SMILES string of the molecule is O=C(O)c1cccc(N=C2S/C(=C/c3ccc(-c4ccc(Cl)c(Cl)c4)o3)C(=O)N2c2ccccc2)c1. The number of hydrogen-bond donors (Lipinski definition) is 1. The van der Waals surface area contributed by atoms with Gasteiger partial charge in [0.25, 0.3) is 5.91 Å². The lowest BCUT2D eigenvalue weighted by molar-refractivity contribution is -0.113. The van der Waals surface area contributed by atoms with E-state index in [1.807, 2.05) is 18.2 Å². The average Bonchev–Trinajstić information content (AvgIpc) is 3.46. The summed E-state index contributed by atoms with van der Waals surface area (Å²) < 4.78 is 5.94. The van der Waals surface area contributed by atoms with Crippen LogP contribution in [0.4, 0.5) is 11.4 Å². The van der Waals surface area contributed by atoms with Crippen LogP contribution in [0.1, 0.15) is 16.1 Å². The number of carboxylic acids is 1. The number of halogens is 2. The van der Waals surface area contributed by atoms with Crippen molar-refractivity contribution in [3.8, 4) is 11.3 Å². The molecule has 3 aromatic carbocycles. The first-order chi connectivity index (χ1) is 17.4. The Bertz CT molecular complexity index is 1550. The molecular formula is C27H16Cl2N2O4S. The van der Waals surface area contributed by atoms with Gasteiger partial charge < -0.3 is 9.52 Å². The van der Waals surface area contributed by atoms with Gasteiger partial charge in [-0.05, 0) is 72.4 Å². The van der Waals surface area contributed by atoms with E-state index in [0.717, 1.165) is 5.56 Å². The minimum Gasteiger partial charge on any atom is -0.478 e. The number of nitrogens with zero attached hydrogens (tertiary/aromatic N) is 2. The minimum absolute atomic E-state index is 0.110. The zero-order chi connectivity index (χ0) is 25.2. The van der Waals surface area contributed by atoms with Gasteiger partial charge in [-0.15, -0.1) is 0 Å². The first-order valence-electron chi connectivity index (χ1n) is 10.7. The number of carboxylic acid groups (broad SMARTS) is 1. The number of aliphatic imine (C=N–C) groups is 1. The van der Waals surface area contributed by atoms with Crippen molar-refractivity contribution in [2.24, 2.45) is 4.99 Å². The smallest absolute Gasteiger partial charge is 0.335 e. The molecule has 5 rings (SSSR count). The Morgan fingerprint density at radius 2 is 1.75 bits per heavy atom. The molecule has 0 radical (unpaired) electrons. The molecule has 6 nitrogen and oxygen atoms in total. The molecule has 0 saturated carbocycles. The lowest BCUT2D eigenvalue weighted by Crippen LogP contribution is -2.28. The molecule has 0 aliphatic carbocycles. The Hall–Kier alpha value is -3.78. The standard InChI is InChI=1S/C27H16Cl2N2O4S/c28-21-11-9-16(14-22(21)29)23-12-10-20(35-23)15-24-25(32)31(19-7-2-1-3-8-19)27(36-24)30-18-6-4-5-17(13-18)26(33)34/h1-15H,(H,33,34)/b24-15+,30-27?. The first-order valence-corrected chi connectivity index (χ1v) is 12.2. The highest BCUT2D eigenvalue weighted by molar-refractivity contribution is 8.19. The number of furan rings is 1. The fraction of sp³-hybridized carbons (Fsp3) is 0. The number of thioether (sulfide) groups is 1. The van der Waals surface area contributed by atoms with Crippen molar-refractivity contribution in [2.75, 3.05) is 4.90 Å². The number of anilines is 1. The number of aromatic carboxylic acids is 1. The number of para-hydroxylation sites is 1. The molecule has 36 heavy (non-hydrogen) atoms. The van der Waals surface area contributed by atoms with Gasteiger partial charge in [0.05, 0.1) is 31.9 Å². The van der Waals surface area contributed by atoms with Crippen molar-refractivity contribution in [2.45, 2.75) is 0 Å². The van der Waals surface area contributed by atoms with E-state index in [1.54, 1.807) is 60.7 Å². The third-order valence-corrected chi connectivity index (χ3v) is 6.95. The molecule has 9 heteroatoms. The third-order valence-electron chi connectivity index (χ3n) is 5.24. The minimum atomic E-state index is -1.05. The zero-order valence-corrected chi connectivity index (χ0v) is 20.7. The Balaban J connectivity index is 1.51. The average molecular weight is 535 g/mol. The molecule has 1 saturated heterocycles. The van der Waals surface area contributed by atoms with Crippen LogP contribution in [-0.2, 0) is 4.79 Å². The van der Waals surface area contributed by atoms with E-state index >= 15 is 0 Å². The largest absolute Gasteiger partial charge is 0.478 e. The second kappa shape index (κ2) is 10.1. The van der Waals surface area contributed by atoms with E-state index in [1.165, 1.54) is 28.8 Å². The van der Waals surface area contributed by atoms with Crippen LogP contribution >= 0.6 is 35.0 Å². The molecular weight excluding hydrogens is 519 g/mol. The summed E-state index contributed by atoms with van der Waals surface area (Å²) in [5.41, 5.74) is 1.93. The summed E-state index contributed by atoms with van der Waals surface area (Å²) >= 11 is 13.3. The maximum Gasteiger partial charge on any atom is 0.335 e. The van der Waals surface area contributed by atoms with Crippen LogP contribution in [-0.4, -0.2) is 22.2 Å². The Morgan fingerprint density at radius 3 is 2.50 bits per heavy atom. The normalized spacial score (nSPS) is 15.7. The predicted molar refractivity (Wildman–Crippen MR) is 144 cm³/mol. The van der Waals surface area contributed by atoms with Crippen molar-refractivity contribution < 1.29 is 19.1 Å².